The monoisotopic (exact) mass is 290 g/mol. The lowest BCUT2D eigenvalue weighted by molar-refractivity contribution is -0.176. The van der Waals surface area contributed by atoms with E-state index in [1.165, 1.54) is 0 Å². The van der Waals surface area contributed by atoms with Gasteiger partial charge in [0.05, 0.1) is 17.8 Å². The molecule has 3 atom stereocenters. The summed E-state index contributed by atoms with van der Waals surface area (Å²) >= 11 is 0. The first-order valence-electron chi connectivity index (χ1n) is 5.22. The summed E-state index contributed by atoms with van der Waals surface area (Å²) in [4.78, 5) is 55.5. The van der Waals surface area contributed by atoms with Gasteiger partial charge in [-0.15, -0.1) is 0 Å². The van der Waals surface area contributed by atoms with Crippen molar-refractivity contribution in [3.63, 3.8) is 0 Å². The first-order chi connectivity index (χ1) is 9.07. The Kier molecular flexibility index (Phi) is 3.69. The zero-order chi connectivity index (χ0) is 15.8. The van der Waals surface area contributed by atoms with Gasteiger partial charge in [0, 0.05) is 0 Å². The van der Waals surface area contributed by atoms with Crippen molar-refractivity contribution in [2.45, 2.75) is 6.42 Å². The molecule has 1 fully saturated rings. The Bertz CT molecular complexity index is 492. The van der Waals surface area contributed by atoms with E-state index < -0.39 is 59.4 Å². The number of rotatable bonds is 5. The maximum atomic E-state index is 11.2. The first kappa shape index (κ1) is 15.4. The molecule has 0 heterocycles. The molecular weight excluding hydrogens is 280 g/mol. The summed E-state index contributed by atoms with van der Waals surface area (Å²) in [7, 11) is 0. The molecule has 0 saturated heterocycles. The number of aliphatic carboxylic acids is 5. The van der Waals surface area contributed by atoms with Crippen LogP contribution in [0.4, 0.5) is 0 Å². The second-order valence-corrected chi connectivity index (χ2v) is 4.41. The SMILES string of the molecule is O=C(O)C1CC(C(=O)O)(C(=O)O)C(C(=O)O)C1C(=O)O. The third-order valence-corrected chi connectivity index (χ3v) is 3.50. The molecule has 0 bridgehead atoms. The van der Waals surface area contributed by atoms with Crippen LogP contribution in [-0.4, -0.2) is 55.4 Å². The van der Waals surface area contributed by atoms with Gasteiger partial charge in [-0.1, -0.05) is 0 Å². The number of carboxylic acid groups (broad SMARTS) is 5. The Labute approximate surface area is 110 Å². The summed E-state index contributed by atoms with van der Waals surface area (Å²) in [6.45, 7) is 0. The Hall–Kier alpha value is -2.65. The molecule has 0 aromatic carbocycles. The van der Waals surface area contributed by atoms with Gasteiger partial charge in [-0.2, -0.15) is 0 Å². The molecule has 3 unspecified atom stereocenters. The van der Waals surface area contributed by atoms with Crippen LogP contribution in [0.15, 0.2) is 0 Å². The summed E-state index contributed by atoms with van der Waals surface area (Å²) in [5.74, 6) is -16.2. The van der Waals surface area contributed by atoms with Crippen molar-refractivity contribution in [2.75, 3.05) is 0 Å². The van der Waals surface area contributed by atoms with Crippen molar-refractivity contribution >= 4 is 29.8 Å². The minimum Gasteiger partial charge on any atom is -0.481 e. The van der Waals surface area contributed by atoms with Crippen molar-refractivity contribution in [2.24, 2.45) is 23.2 Å². The van der Waals surface area contributed by atoms with E-state index in [2.05, 4.69) is 0 Å². The topological polar surface area (TPSA) is 186 Å². The molecule has 0 aliphatic heterocycles. The minimum absolute atomic E-state index is 1.11. The second-order valence-electron chi connectivity index (χ2n) is 4.41. The van der Waals surface area contributed by atoms with E-state index in [-0.39, 0.29) is 0 Å². The van der Waals surface area contributed by atoms with Crippen molar-refractivity contribution < 1.29 is 49.5 Å². The van der Waals surface area contributed by atoms with Gasteiger partial charge in [0.25, 0.3) is 0 Å². The highest BCUT2D eigenvalue weighted by Gasteiger charge is 2.69. The molecular formula is C10H10O10. The maximum absolute atomic E-state index is 11.2. The molecule has 0 aromatic heterocycles. The van der Waals surface area contributed by atoms with Crippen LogP contribution < -0.4 is 0 Å². The highest BCUT2D eigenvalue weighted by atomic mass is 16.4. The van der Waals surface area contributed by atoms with E-state index in [0.29, 0.717) is 0 Å². The van der Waals surface area contributed by atoms with Crippen LogP contribution in [0.1, 0.15) is 6.42 Å². The van der Waals surface area contributed by atoms with E-state index in [1.807, 2.05) is 0 Å². The molecule has 1 aliphatic rings. The van der Waals surface area contributed by atoms with Crippen LogP contribution in [-0.2, 0) is 24.0 Å². The highest BCUT2D eigenvalue weighted by molar-refractivity contribution is 6.05. The van der Waals surface area contributed by atoms with E-state index >= 15 is 0 Å². The number of carbonyl (C=O) groups is 5. The van der Waals surface area contributed by atoms with Gasteiger partial charge in [0.15, 0.2) is 5.41 Å². The van der Waals surface area contributed by atoms with Crippen molar-refractivity contribution in [1.82, 2.24) is 0 Å². The molecule has 5 N–H and O–H groups in total. The zero-order valence-corrected chi connectivity index (χ0v) is 9.72. The average Bonchev–Trinajstić information content (AvgIpc) is 2.65. The molecule has 110 valence electrons. The molecule has 10 nitrogen and oxygen atoms in total. The fourth-order valence-corrected chi connectivity index (χ4v) is 2.59. The number of hydrogen-bond donors (Lipinski definition) is 5. The predicted molar refractivity (Wildman–Crippen MR) is 55.7 cm³/mol. The Morgan fingerprint density at radius 1 is 0.750 bits per heavy atom. The Balaban J connectivity index is 3.57. The first-order valence-corrected chi connectivity index (χ1v) is 5.22. The van der Waals surface area contributed by atoms with Crippen molar-refractivity contribution in [3.8, 4) is 0 Å². The molecule has 1 rings (SSSR count). The Morgan fingerprint density at radius 2 is 1.20 bits per heavy atom. The summed E-state index contributed by atoms with van der Waals surface area (Å²) in [6, 6.07) is 0. The van der Waals surface area contributed by atoms with Gasteiger partial charge in [-0.3, -0.25) is 24.0 Å². The summed E-state index contributed by atoms with van der Waals surface area (Å²) in [6.07, 6.45) is -1.11. The van der Waals surface area contributed by atoms with E-state index in [0.717, 1.165) is 0 Å². The summed E-state index contributed by atoms with van der Waals surface area (Å²) in [5.41, 5.74) is -2.99. The molecule has 0 aromatic rings. The maximum Gasteiger partial charge on any atom is 0.322 e. The lowest BCUT2D eigenvalue weighted by atomic mass is 9.75. The van der Waals surface area contributed by atoms with Crippen LogP contribution >= 0.6 is 0 Å². The fourth-order valence-electron chi connectivity index (χ4n) is 2.59. The molecule has 20 heavy (non-hydrogen) atoms. The third-order valence-electron chi connectivity index (χ3n) is 3.50. The highest BCUT2D eigenvalue weighted by Crippen LogP contribution is 2.51. The van der Waals surface area contributed by atoms with Gasteiger partial charge in [-0.05, 0) is 6.42 Å². The van der Waals surface area contributed by atoms with Gasteiger partial charge >= 0.3 is 29.8 Å². The number of carboxylic acids is 5. The van der Waals surface area contributed by atoms with Gasteiger partial charge in [-0.25, -0.2) is 0 Å². The standard InChI is InChI=1S/C10H10O10/c11-5(12)2-1-10(8(17)18,9(19)20)4(7(15)16)3(2)6(13)14/h2-4H,1H2,(H,11,12)(H,13,14)(H,15,16)(H,17,18)(H,19,20). The normalized spacial score (nSPS) is 27.7. The van der Waals surface area contributed by atoms with Gasteiger partial charge < -0.3 is 25.5 Å². The lowest BCUT2D eigenvalue weighted by Gasteiger charge is -2.24. The second kappa shape index (κ2) is 4.79. The third kappa shape index (κ3) is 1.94. The van der Waals surface area contributed by atoms with Crippen molar-refractivity contribution in [1.29, 1.82) is 0 Å². The fraction of sp³-hybridized carbons (Fsp3) is 0.500. The number of hydrogen-bond acceptors (Lipinski definition) is 5. The summed E-state index contributed by atoms with van der Waals surface area (Å²) in [5, 5.41) is 44.8. The van der Waals surface area contributed by atoms with Crippen LogP contribution in [0.25, 0.3) is 0 Å². The Morgan fingerprint density at radius 3 is 1.45 bits per heavy atom. The van der Waals surface area contributed by atoms with E-state index in [1.54, 1.807) is 0 Å². The van der Waals surface area contributed by atoms with Crippen LogP contribution in [0.5, 0.6) is 0 Å². The molecule has 0 radical (unpaired) electrons. The van der Waals surface area contributed by atoms with Gasteiger partial charge in [0.1, 0.15) is 0 Å². The largest absolute Gasteiger partial charge is 0.481 e. The van der Waals surface area contributed by atoms with Gasteiger partial charge in [0.2, 0.25) is 0 Å². The average molecular weight is 290 g/mol. The molecule has 1 aliphatic carbocycles. The lowest BCUT2D eigenvalue weighted by Crippen LogP contribution is -2.48. The quantitative estimate of drug-likeness (QED) is 0.378. The molecule has 0 amide bonds. The minimum atomic E-state index is -2.99. The molecule has 10 heteroatoms. The van der Waals surface area contributed by atoms with Crippen LogP contribution in [0.2, 0.25) is 0 Å². The van der Waals surface area contributed by atoms with Crippen LogP contribution in [0.3, 0.4) is 0 Å². The summed E-state index contributed by atoms with van der Waals surface area (Å²) < 4.78 is 0. The van der Waals surface area contributed by atoms with E-state index in [9.17, 15) is 24.0 Å². The van der Waals surface area contributed by atoms with E-state index in [4.69, 9.17) is 25.5 Å². The molecule has 1 saturated carbocycles. The van der Waals surface area contributed by atoms with Crippen LogP contribution in [0, 0.1) is 23.2 Å². The van der Waals surface area contributed by atoms with Crippen molar-refractivity contribution in [3.05, 3.63) is 0 Å². The smallest absolute Gasteiger partial charge is 0.322 e. The molecule has 0 spiro atoms. The predicted octanol–water partition coefficient (Wildman–Crippen LogP) is -1.35. The zero-order valence-electron chi connectivity index (χ0n) is 9.72.